The van der Waals surface area contributed by atoms with E-state index in [9.17, 15) is 8.42 Å². The van der Waals surface area contributed by atoms with E-state index in [-0.39, 0.29) is 5.75 Å². The molecule has 0 aliphatic carbocycles. The van der Waals surface area contributed by atoms with Gasteiger partial charge in [-0.1, -0.05) is 0 Å². The Hall–Kier alpha value is -1.73. The first-order chi connectivity index (χ1) is 11.5. The molecule has 7 heteroatoms. The summed E-state index contributed by atoms with van der Waals surface area (Å²) in [5.41, 5.74) is 2.07. The van der Waals surface area contributed by atoms with E-state index in [1.54, 1.807) is 17.4 Å². The van der Waals surface area contributed by atoms with E-state index < -0.39 is 10.0 Å². The van der Waals surface area contributed by atoms with Gasteiger partial charge in [0, 0.05) is 49.5 Å². The third-order valence-electron chi connectivity index (χ3n) is 4.66. The minimum absolute atomic E-state index is 0.171. The quantitative estimate of drug-likeness (QED) is 0.831. The van der Waals surface area contributed by atoms with Crippen LogP contribution in [0.5, 0.6) is 0 Å². The second kappa shape index (κ2) is 7.03. The van der Waals surface area contributed by atoms with Crippen LogP contribution in [0.15, 0.2) is 30.7 Å². The SMILES string of the molecule is CCS(=O)(=O)N1CCCC(Cn2c(C)cnc2-c2cccnc2)C1. The zero-order chi connectivity index (χ0) is 17.2. The highest BCUT2D eigenvalue weighted by Crippen LogP contribution is 2.25. The van der Waals surface area contributed by atoms with E-state index in [1.165, 1.54) is 0 Å². The van der Waals surface area contributed by atoms with Crippen molar-refractivity contribution in [2.45, 2.75) is 33.2 Å². The smallest absolute Gasteiger partial charge is 0.213 e. The van der Waals surface area contributed by atoms with Crippen LogP contribution in [0.25, 0.3) is 11.4 Å². The molecule has 0 amide bonds. The molecule has 1 aliphatic heterocycles. The Balaban J connectivity index is 1.81. The zero-order valence-electron chi connectivity index (χ0n) is 14.2. The Morgan fingerprint density at radius 1 is 1.33 bits per heavy atom. The summed E-state index contributed by atoms with van der Waals surface area (Å²) in [4.78, 5) is 8.70. The third-order valence-corrected chi connectivity index (χ3v) is 6.50. The molecule has 6 nitrogen and oxygen atoms in total. The molecule has 0 aromatic carbocycles. The third kappa shape index (κ3) is 3.52. The summed E-state index contributed by atoms with van der Waals surface area (Å²) in [5, 5.41) is 0. The Bertz CT molecular complexity index is 786. The monoisotopic (exact) mass is 348 g/mol. The number of hydrogen-bond donors (Lipinski definition) is 0. The van der Waals surface area contributed by atoms with Crippen LogP contribution in [0.1, 0.15) is 25.5 Å². The van der Waals surface area contributed by atoms with Crippen molar-refractivity contribution in [2.24, 2.45) is 5.92 Å². The van der Waals surface area contributed by atoms with Crippen molar-refractivity contribution in [3.05, 3.63) is 36.4 Å². The molecule has 2 aromatic rings. The van der Waals surface area contributed by atoms with E-state index in [4.69, 9.17) is 0 Å². The molecule has 0 saturated carbocycles. The van der Waals surface area contributed by atoms with E-state index >= 15 is 0 Å². The predicted molar refractivity (Wildman–Crippen MR) is 94.0 cm³/mol. The molecule has 0 N–H and O–H groups in total. The molecule has 3 rings (SSSR count). The number of rotatable bonds is 5. The number of aryl methyl sites for hydroxylation is 1. The van der Waals surface area contributed by atoms with Gasteiger partial charge in [-0.25, -0.2) is 17.7 Å². The summed E-state index contributed by atoms with van der Waals surface area (Å²) < 4.78 is 28.1. The number of aromatic nitrogens is 3. The molecule has 0 bridgehead atoms. The van der Waals surface area contributed by atoms with Crippen LogP contribution in [0.2, 0.25) is 0 Å². The molecule has 1 aliphatic rings. The Labute approximate surface area is 143 Å². The summed E-state index contributed by atoms with van der Waals surface area (Å²) in [6.07, 6.45) is 7.39. The summed E-state index contributed by atoms with van der Waals surface area (Å²) in [5.74, 6) is 1.38. The maximum Gasteiger partial charge on any atom is 0.213 e. The molecular formula is C17H24N4O2S. The van der Waals surface area contributed by atoms with Crippen LogP contribution in [0.3, 0.4) is 0 Å². The fraction of sp³-hybridized carbons (Fsp3) is 0.529. The number of sulfonamides is 1. The normalized spacial score (nSPS) is 19.5. The summed E-state index contributed by atoms with van der Waals surface area (Å²) in [6, 6.07) is 3.90. The lowest BCUT2D eigenvalue weighted by Gasteiger charge is -2.32. The summed E-state index contributed by atoms with van der Waals surface area (Å²) in [7, 11) is -3.11. The largest absolute Gasteiger partial charge is 0.328 e. The second-order valence-electron chi connectivity index (χ2n) is 6.34. The molecule has 2 aromatic heterocycles. The first kappa shape index (κ1) is 17.1. The van der Waals surface area contributed by atoms with Crippen LogP contribution >= 0.6 is 0 Å². The van der Waals surface area contributed by atoms with Gasteiger partial charge in [0.15, 0.2) is 0 Å². The summed E-state index contributed by atoms with van der Waals surface area (Å²) >= 11 is 0. The molecule has 1 unspecified atom stereocenters. The van der Waals surface area contributed by atoms with Gasteiger partial charge < -0.3 is 4.57 Å². The van der Waals surface area contributed by atoms with Crippen LogP contribution in [-0.2, 0) is 16.6 Å². The van der Waals surface area contributed by atoms with E-state index in [2.05, 4.69) is 14.5 Å². The van der Waals surface area contributed by atoms with Gasteiger partial charge in [0.1, 0.15) is 5.82 Å². The van der Waals surface area contributed by atoms with Gasteiger partial charge in [0.25, 0.3) is 0 Å². The molecule has 3 heterocycles. The topological polar surface area (TPSA) is 68.1 Å². The van der Waals surface area contributed by atoms with Gasteiger partial charge in [-0.05, 0) is 44.7 Å². The molecule has 1 saturated heterocycles. The van der Waals surface area contributed by atoms with Gasteiger partial charge in [0.05, 0.1) is 5.75 Å². The van der Waals surface area contributed by atoms with Crippen molar-refractivity contribution in [2.75, 3.05) is 18.8 Å². The predicted octanol–water partition coefficient (Wildman–Crippen LogP) is 2.32. The van der Waals surface area contributed by atoms with Crippen LogP contribution in [-0.4, -0.2) is 46.1 Å². The number of nitrogens with zero attached hydrogens (tertiary/aromatic N) is 4. The van der Waals surface area contributed by atoms with Crippen molar-refractivity contribution in [3.63, 3.8) is 0 Å². The maximum atomic E-state index is 12.2. The molecule has 130 valence electrons. The fourth-order valence-corrected chi connectivity index (χ4v) is 4.50. The molecule has 0 radical (unpaired) electrons. The van der Waals surface area contributed by atoms with Crippen LogP contribution < -0.4 is 0 Å². The van der Waals surface area contributed by atoms with Crippen molar-refractivity contribution >= 4 is 10.0 Å². The van der Waals surface area contributed by atoms with Crippen molar-refractivity contribution in [1.82, 2.24) is 18.8 Å². The number of pyridine rings is 1. The van der Waals surface area contributed by atoms with Gasteiger partial charge in [-0.3, -0.25) is 4.98 Å². The molecule has 24 heavy (non-hydrogen) atoms. The van der Waals surface area contributed by atoms with Gasteiger partial charge in [-0.15, -0.1) is 0 Å². The first-order valence-corrected chi connectivity index (χ1v) is 10.0. The zero-order valence-corrected chi connectivity index (χ0v) is 15.0. The highest BCUT2D eigenvalue weighted by atomic mass is 32.2. The minimum atomic E-state index is -3.11. The first-order valence-electron chi connectivity index (χ1n) is 8.41. The fourth-order valence-electron chi connectivity index (χ4n) is 3.29. The van der Waals surface area contributed by atoms with Gasteiger partial charge in [-0.2, -0.15) is 0 Å². The van der Waals surface area contributed by atoms with Crippen molar-refractivity contribution in [3.8, 4) is 11.4 Å². The average molecular weight is 348 g/mol. The maximum absolute atomic E-state index is 12.2. The number of piperidine rings is 1. The Morgan fingerprint density at radius 2 is 2.17 bits per heavy atom. The Morgan fingerprint density at radius 3 is 2.88 bits per heavy atom. The van der Waals surface area contributed by atoms with Crippen molar-refractivity contribution < 1.29 is 8.42 Å². The van der Waals surface area contributed by atoms with Crippen molar-refractivity contribution in [1.29, 1.82) is 0 Å². The average Bonchev–Trinajstić information content (AvgIpc) is 2.97. The number of hydrogen-bond acceptors (Lipinski definition) is 4. The molecular weight excluding hydrogens is 324 g/mol. The lowest BCUT2D eigenvalue weighted by Crippen LogP contribution is -2.41. The standard InChI is InChI=1S/C17H24N4O2S/c1-3-24(22,23)20-9-5-6-15(12-20)13-21-14(2)10-19-17(21)16-7-4-8-18-11-16/h4,7-8,10-11,15H,3,5-6,9,12-13H2,1-2H3. The number of imidazole rings is 1. The lowest BCUT2D eigenvalue weighted by atomic mass is 9.99. The van der Waals surface area contributed by atoms with Gasteiger partial charge in [0.2, 0.25) is 10.0 Å². The molecule has 1 atom stereocenters. The van der Waals surface area contributed by atoms with E-state index in [0.29, 0.717) is 19.0 Å². The van der Waals surface area contributed by atoms with E-state index in [1.807, 2.05) is 31.5 Å². The van der Waals surface area contributed by atoms with E-state index in [0.717, 1.165) is 36.5 Å². The molecule has 1 fully saturated rings. The Kier molecular flexibility index (Phi) is 5.01. The highest BCUT2D eigenvalue weighted by molar-refractivity contribution is 7.89. The lowest BCUT2D eigenvalue weighted by molar-refractivity contribution is 0.245. The van der Waals surface area contributed by atoms with Crippen LogP contribution in [0, 0.1) is 12.8 Å². The van der Waals surface area contributed by atoms with Crippen LogP contribution in [0.4, 0.5) is 0 Å². The highest BCUT2D eigenvalue weighted by Gasteiger charge is 2.28. The molecule has 0 spiro atoms. The minimum Gasteiger partial charge on any atom is -0.328 e. The summed E-state index contributed by atoms with van der Waals surface area (Å²) in [6.45, 7) is 5.77. The van der Waals surface area contributed by atoms with Gasteiger partial charge >= 0.3 is 0 Å². The second-order valence-corrected chi connectivity index (χ2v) is 8.60.